The molecule has 1 unspecified atom stereocenters. The first-order valence-electron chi connectivity index (χ1n) is 8.27. The Hall–Kier alpha value is -2.47. The highest BCUT2D eigenvalue weighted by molar-refractivity contribution is 6.33. The standard InChI is InChI=1S/C19H15ClF2N2O2/c20-15-5-4-11(21)8-14(15)19(26)23-9-17-13-2-1-3-16(22)12(13)6-7-24(17)18(25)10-23/h1-5,8,17H,6-7,9-10H2. The number of fused-ring (bicyclic) bond motifs is 3. The fourth-order valence-corrected chi connectivity index (χ4v) is 3.91. The van der Waals surface area contributed by atoms with Gasteiger partial charge in [0.15, 0.2) is 0 Å². The van der Waals surface area contributed by atoms with Gasteiger partial charge in [-0.15, -0.1) is 0 Å². The average molecular weight is 377 g/mol. The third kappa shape index (κ3) is 2.74. The summed E-state index contributed by atoms with van der Waals surface area (Å²) in [5.41, 5.74) is 1.32. The van der Waals surface area contributed by atoms with E-state index in [0.29, 0.717) is 24.1 Å². The van der Waals surface area contributed by atoms with E-state index in [9.17, 15) is 18.4 Å². The molecule has 2 aliphatic rings. The lowest BCUT2D eigenvalue weighted by molar-refractivity contribution is -0.139. The predicted octanol–water partition coefficient (Wildman–Crippen LogP) is 3.20. The summed E-state index contributed by atoms with van der Waals surface area (Å²) in [6, 6.07) is 7.92. The summed E-state index contributed by atoms with van der Waals surface area (Å²) in [6.45, 7) is 0.529. The summed E-state index contributed by atoms with van der Waals surface area (Å²) in [6.07, 6.45) is 0.452. The maximum atomic E-state index is 14.1. The first-order chi connectivity index (χ1) is 12.5. The van der Waals surface area contributed by atoms with E-state index in [0.717, 1.165) is 6.07 Å². The molecule has 0 aromatic heterocycles. The molecule has 0 radical (unpaired) electrons. The Morgan fingerprint density at radius 2 is 2.00 bits per heavy atom. The number of nitrogens with zero attached hydrogens (tertiary/aromatic N) is 2. The Kier molecular flexibility index (Phi) is 4.15. The third-order valence-corrected chi connectivity index (χ3v) is 5.31. The molecule has 2 aromatic carbocycles. The second-order valence-corrected chi connectivity index (χ2v) is 6.88. The van der Waals surface area contributed by atoms with E-state index >= 15 is 0 Å². The number of halogens is 3. The summed E-state index contributed by atoms with van der Waals surface area (Å²) >= 11 is 6.03. The van der Waals surface area contributed by atoms with Crippen molar-refractivity contribution in [3.8, 4) is 0 Å². The van der Waals surface area contributed by atoms with Crippen LogP contribution in [0.15, 0.2) is 36.4 Å². The number of hydrogen-bond donors (Lipinski definition) is 0. The fraction of sp³-hybridized carbons (Fsp3) is 0.263. The minimum absolute atomic E-state index is 0.0168. The molecule has 134 valence electrons. The van der Waals surface area contributed by atoms with Gasteiger partial charge >= 0.3 is 0 Å². The molecule has 0 spiro atoms. The first-order valence-corrected chi connectivity index (χ1v) is 8.64. The van der Waals surface area contributed by atoms with Crippen LogP contribution in [-0.2, 0) is 11.2 Å². The number of hydrogen-bond acceptors (Lipinski definition) is 2. The predicted molar refractivity (Wildman–Crippen MR) is 91.9 cm³/mol. The van der Waals surface area contributed by atoms with Crippen LogP contribution < -0.4 is 0 Å². The van der Waals surface area contributed by atoms with Crippen LogP contribution in [0.4, 0.5) is 8.78 Å². The van der Waals surface area contributed by atoms with Gasteiger partial charge in [-0.1, -0.05) is 23.7 Å². The summed E-state index contributed by atoms with van der Waals surface area (Å²) in [4.78, 5) is 28.4. The van der Waals surface area contributed by atoms with Gasteiger partial charge in [-0.3, -0.25) is 9.59 Å². The molecule has 0 aliphatic carbocycles. The highest BCUT2D eigenvalue weighted by Gasteiger charge is 2.39. The maximum Gasteiger partial charge on any atom is 0.256 e. The highest BCUT2D eigenvalue weighted by Crippen LogP contribution is 2.35. The zero-order chi connectivity index (χ0) is 18.4. The molecule has 2 amide bonds. The number of amides is 2. The van der Waals surface area contributed by atoms with Gasteiger partial charge in [0.25, 0.3) is 5.91 Å². The van der Waals surface area contributed by atoms with Gasteiger partial charge in [0, 0.05) is 13.1 Å². The third-order valence-electron chi connectivity index (χ3n) is 4.98. The van der Waals surface area contributed by atoms with Crippen LogP contribution in [0.25, 0.3) is 0 Å². The molecule has 1 atom stereocenters. The smallest absolute Gasteiger partial charge is 0.256 e. The van der Waals surface area contributed by atoms with Crippen LogP contribution in [0, 0.1) is 11.6 Å². The van der Waals surface area contributed by atoms with Gasteiger partial charge in [-0.2, -0.15) is 0 Å². The van der Waals surface area contributed by atoms with E-state index in [-0.39, 0.29) is 35.4 Å². The number of piperazine rings is 1. The quantitative estimate of drug-likeness (QED) is 0.767. The second kappa shape index (κ2) is 6.36. The van der Waals surface area contributed by atoms with Gasteiger partial charge < -0.3 is 9.80 Å². The molecule has 26 heavy (non-hydrogen) atoms. The van der Waals surface area contributed by atoms with Crippen LogP contribution in [-0.4, -0.2) is 41.2 Å². The van der Waals surface area contributed by atoms with E-state index in [2.05, 4.69) is 0 Å². The molecular formula is C19H15ClF2N2O2. The van der Waals surface area contributed by atoms with Gasteiger partial charge in [0.2, 0.25) is 5.91 Å². The van der Waals surface area contributed by atoms with Crippen molar-refractivity contribution in [2.75, 3.05) is 19.6 Å². The fourth-order valence-electron chi connectivity index (χ4n) is 3.72. The Balaban J connectivity index is 1.68. The summed E-state index contributed by atoms with van der Waals surface area (Å²) in [5, 5.41) is 0.126. The van der Waals surface area contributed by atoms with E-state index in [1.807, 2.05) is 0 Å². The van der Waals surface area contributed by atoms with Crippen LogP contribution >= 0.6 is 11.6 Å². The molecule has 2 aromatic rings. The van der Waals surface area contributed by atoms with E-state index in [4.69, 9.17) is 11.6 Å². The second-order valence-electron chi connectivity index (χ2n) is 6.47. The topological polar surface area (TPSA) is 40.6 Å². The Bertz CT molecular complexity index is 918. The lowest BCUT2D eigenvalue weighted by Gasteiger charge is -2.44. The molecule has 0 N–H and O–H groups in total. The average Bonchev–Trinajstić information content (AvgIpc) is 2.63. The maximum absolute atomic E-state index is 14.1. The molecule has 7 heteroatoms. The molecule has 0 saturated carbocycles. The normalized spacial score (nSPS) is 19.2. The zero-order valence-corrected chi connectivity index (χ0v) is 14.5. The molecule has 1 saturated heterocycles. The zero-order valence-electron chi connectivity index (χ0n) is 13.7. The molecule has 0 bridgehead atoms. The molecular weight excluding hydrogens is 362 g/mol. The van der Waals surface area contributed by atoms with Crippen molar-refractivity contribution in [3.05, 3.63) is 69.7 Å². The number of benzene rings is 2. The number of rotatable bonds is 1. The van der Waals surface area contributed by atoms with Gasteiger partial charge in [0.1, 0.15) is 18.2 Å². The van der Waals surface area contributed by atoms with Crippen LogP contribution in [0.1, 0.15) is 27.5 Å². The van der Waals surface area contributed by atoms with E-state index < -0.39 is 17.8 Å². The summed E-state index contributed by atoms with van der Waals surface area (Å²) in [7, 11) is 0. The van der Waals surface area contributed by atoms with Gasteiger partial charge in [-0.25, -0.2) is 8.78 Å². The van der Waals surface area contributed by atoms with Gasteiger partial charge in [0.05, 0.1) is 16.6 Å². The first kappa shape index (κ1) is 17.0. The molecule has 4 rings (SSSR count). The van der Waals surface area contributed by atoms with Gasteiger partial charge in [-0.05, 0) is 41.8 Å². The summed E-state index contributed by atoms with van der Waals surface area (Å²) < 4.78 is 27.6. The highest BCUT2D eigenvalue weighted by atomic mass is 35.5. The lowest BCUT2D eigenvalue weighted by Crippen LogP contribution is -2.55. The van der Waals surface area contributed by atoms with Crippen molar-refractivity contribution < 1.29 is 18.4 Å². The minimum Gasteiger partial charge on any atom is -0.332 e. The minimum atomic E-state index is -0.576. The largest absolute Gasteiger partial charge is 0.332 e. The Labute approximate surface area is 154 Å². The molecule has 1 fully saturated rings. The molecule has 2 aliphatic heterocycles. The van der Waals surface area contributed by atoms with E-state index in [1.165, 1.54) is 23.1 Å². The van der Waals surface area contributed by atoms with Crippen molar-refractivity contribution in [2.45, 2.75) is 12.5 Å². The SMILES string of the molecule is O=C(c1cc(F)ccc1Cl)N1CC(=O)N2CCc3c(F)cccc3C2C1. The Morgan fingerprint density at radius 3 is 2.81 bits per heavy atom. The van der Waals surface area contributed by atoms with Crippen molar-refractivity contribution in [1.82, 2.24) is 9.80 Å². The van der Waals surface area contributed by atoms with Crippen molar-refractivity contribution >= 4 is 23.4 Å². The van der Waals surface area contributed by atoms with Crippen molar-refractivity contribution in [3.63, 3.8) is 0 Å². The van der Waals surface area contributed by atoms with Crippen molar-refractivity contribution in [1.29, 1.82) is 0 Å². The van der Waals surface area contributed by atoms with Crippen LogP contribution in [0.5, 0.6) is 0 Å². The molecule has 4 nitrogen and oxygen atoms in total. The number of carbonyl (C=O) groups is 2. The number of carbonyl (C=O) groups excluding carboxylic acids is 2. The van der Waals surface area contributed by atoms with Crippen molar-refractivity contribution in [2.24, 2.45) is 0 Å². The molecule has 2 heterocycles. The summed E-state index contributed by atoms with van der Waals surface area (Å²) in [5.74, 6) is -1.60. The Morgan fingerprint density at radius 1 is 1.19 bits per heavy atom. The lowest BCUT2D eigenvalue weighted by atomic mass is 9.90. The van der Waals surface area contributed by atoms with E-state index in [1.54, 1.807) is 17.0 Å². The monoisotopic (exact) mass is 376 g/mol. The van der Waals surface area contributed by atoms with Crippen LogP contribution in [0.3, 0.4) is 0 Å². The van der Waals surface area contributed by atoms with Crippen LogP contribution in [0.2, 0.25) is 5.02 Å².